The Bertz CT molecular complexity index is 309. The van der Waals surface area contributed by atoms with Crippen LogP contribution in [0.1, 0.15) is 27.7 Å². The second-order valence-electron chi connectivity index (χ2n) is 4.55. The van der Waals surface area contributed by atoms with E-state index >= 15 is 0 Å². The molecule has 1 atom stereocenters. The molecule has 0 aromatic carbocycles. The first kappa shape index (κ1) is 15.2. The molecular weight excluding hydrogens is 226 g/mol. The highest BCUT2D eigenvalue weighted by Gasteiger charge is 2.20. The fraction of sp³-hybridized carbons (Fsp3) is 0.700. The minimum atomic E-state index is -0.802. The maximum atomic E-state index is 11.4. The molecule has 4 N–H and O–H groups in total. The molecule has 7 nitrogen and oxygen atoms in total. The molecular formula is C10H19N3O4. The number of nitrogens with two attached hydrogens (primary N) is 1. The first-order valence-corrected chi connectivity index (χ1v) is 5.17. The van der Waals surface area contributed by atoms with Gasteiger partial charge in [0.15, 0.2) is 0 Å². The summed E-state index contributed by atoms with van der Waals surface area (Å²) in [7, 11) is 0. The third kappa shape index (κ3) is 8.06. The lowest BCUT2D eigenvalue weighted by atomic mass is 10.2. The maximum absolute atomic E-state index is 11.4. The van der Waals surface area contributed by atoms with E-state index in [1.165, 1.54) is 6.92 Å². The van der Waals surface area contributed by atoms with Crippen molar-refractivity contribution in [2.75, 3.05) is 6.54 Å². The summed E-state index contributed by atoms with van der Waals surface area (Å²) < 4.78 is 4.96. The lowest BCUT2D eigenvalue weighted by molar-refractivity contribution is -0.125. The monoisotopic (exact) mass is 245 g/mol. The van der Waals surface area contributed by atoms with Crippen molar-refractivity contribution in [3.63, 3.8) is 0 Å². The van der Waals surface area contributed by atoms with Crippen LogP contribution >= 0.6 is 0 Å². The number of carbonyl (C=O) groups excluding carboxylic acids is 3. The fourth-order valence-electron chi connectivity index (χ4n) is 0.877. The predicted molar refractivity (Wildman–Crippen MR) is 61.0 cm³/mol. The number of rotatable bonds is 4. The summed E-state index contributed by atoms with van der Waals surface area (Å²) in [5, 5.41) is 4.60. The molecule has 0 saturated heterocycles. The Morgan fingerprint density at radius 2 is 1.82 bits per heavy atom. The molecule has 0 unspecified atom stereocenters. The summed E-state index contributed by atoms with van der Waals surface area (Å²) in [4.78, 5) is 33.1. The summed E-state index contributed by atoms with van der Waals surface area (Å²) in [6.07, 6.45) is -0.695. The van der Waals surface area contributed by atoms with Crippen molar-refractivity contribution in [1.82, 2.24) is 10.6 Å². The molecule has 3 amide bonds. The number of hydrogen-bond donors (Lipinski definition) is 3. The predicted octanol–water partition coefficient (Wildman–Crippen LogP) is -0.499. The van der Waals surface area contributed by atoms with Gasteiger partial charge in [0.25, 0.3) is 0 Å². The van der Waals surface area contributed by atoms with Crippen LogP contribution in [0.4, 0.5) is 4.79 Å². The van der Waals surface area contributed by atoms with Crippen molar-refractivity contribution in [3.8, 4) is 0 Å². The normalized spacial score (nSPS) is 12.5. The Labute approximate surface area is 100 Å². The highest BCUT2D eigenvalue weighted by molar-refractivity contribution is 5.88. The van der Waals surface area contributed by atoms with E-state index in [1.54, 1.807) is 20.8 Å². The van der Waals surface area contributed by atoms with Gasteiger partial charge in [-0.25, -0.2) is 4.79 Å². The zero-order chi connectivity index (χ0) is 13.6. The van der Waals surface area contributed by atoms with Gasteiger partial charge in [-0.05, 0) is 27.7 Å². The van der Waals surface area contributed by atoms with Crippen LogP contribution in [0, 0.1) is 0 Å². The largest absolute Gasteiger partial charge is 0.444 e. The standard InChI is InChI=1S/C10H19N3O4/c1-6(8(15)12-5-7(11)14)13-9(16)17-10(2,3)4/h6H,5H2,1-4H3,(H2,11,14)(H,12,15)(H,13,16)/t6-/m1/s1. The van der Waals surface area contributed by atoms with E-state index in [2.05, 4.69) is 10.6 Å². The molecule has 0 saturated carbocycles. The number of alkyl carbamates (subject to hydrolysis) is 1. The summed E-state index contributed by atoms with van der Waals surface area (Å²) >= 11 is 0. The van der Waals surface area contributed by atoms with Gasteiger partial charge >= 0.3 is 6.09 Å². The Morgan fingerprint density at radius 3 is 2.24 bits per heavy atom. The number of carbonyl (C=O) groups is 3. The molecule has 0 rings (SSSR count). The van der Waals surface area contributed by atoms with Gasteiger partial charge in [0.05, 0.1) is 6.54 Å². The van der Waals surface area contributed by atoms with Crippen LogP contribution in [0.5, 0.6) is 0 Å². The number of primary amides is 1. The molecule has 0 bridgehead atoms. The zero-order valence-electron chi connectivity index (χ0n) is 10.5. The van der Waals surface area contributed by atoms with Crippen LogP contribution in [0.25, 0.3) is 0 Å². The zero-order valence-corrected chi connectivity index (χ0v) is 10.5. The van der Waals surface area contributed by atoms with Crippen molar-refractivity contribution in [2.24, 2.45) is 5.73 Å². The molecule has 0 fully saturated rings. The number of amides is 3. The van der Waals surface area contributed by atoms with Gasteiger partial charge < -0.3 is 21.1 Å². The summed E-state index contributed by atoms with van der Waals surface area (Å²) in [5.74, 6) is -1.16. The smallest absolute Gasteiger partial charge is 0.408 e. The highest BCUT2D eigenvalue weighted by atomic mass is 16.6. The quantitative estimate of drug-likeness (QED) is 0.620. The third-order valence-electron chi connectivity index (χ3n) is 1.56. The Kier molecular flexibility index (Phi) is 5.43. The molecule has 0 aliphatic heterocycles. The van der Waals surface area contributed by atoms with Gasteiger partial charge in [-0.3, -0.25) is 9.59 Å². The number of ether oxygens (including phenoxy) is 1. The average Bonchev–Trinajstić information content (AvgIpc) is 2.10. The molecule has 0 aromatic heterocycles. The van der Waals surface area contributed by atoms with Crippen molar-refractivity contribution in [3.05, 3.63) is 0 Å². The minimum absolute atomic E-state index is 0.265. The van der Waals surface area contributed by atoms with Crippen molar-refractivity contribution < 1.29 is 19.1 Å². The van der Waals surface area contributed by atoms with E-state index in [-0.39, 0.29) is 6.54 Å². The summed E-state index contributed by atoms with van der Waals surface area (Å²) in [5.41, 5.74) is 4.23. The van der Waals surface area contributed by atoms with Crippen molar-refractivity contribution >= 4 is 17.9 Å². The van der Waals surface area contributed by atoms with E-state index in [0.717, 1.165) is 0 Å². The minimum Gasteiger partial charge on any atom is -0.444 e. The van der Waals surface area contributed by atoms with E-state index in [0.29, 0.717) is 0 Å². The third-order valence-corrected chi connectivity index (χ3v) is 1.56. The van der Waals surface area contributed by atoms with Crippen LogP contribution in [0.2, 0.25) is 0 Å². The highest BCUT2D eigenvalue weighted by Crippen LogP contribution is 2.06. The lowest BCUT2D eigenvalue weighted by Gasteiger charge is -2.21. The van der Waals surface area contributed by atoms with Crippen LogP contribution in [0.15, 0.2) is 0 Å². The van der Waals surface area contributed by atoms with Gasteiger partial charge in [0.1, 0.15) is 11.6 Å². The van der Waals surface area contributed by atoms with Crippen LogP contribution in [0.3, 0.4) is 0 Å². The van der Waals surface area contributed by atoms with E-state index < -0.39 is 29.6 Å². The average molecular weight is 245 g/mol. The molecule has 0 aromatic rings. The Hall–Kier alpha value is -1.79. The molecule has 0 aliphatic rings. The van der Waals surface area contributed by atoms with Gasteiger partial charge in [-0.1, -0.05) is 0 Å². The molecule has 17 heavy (non-hydrogen) atoms. The first-order valence-electron chi connectivity index (χ1n) is 5.17. The Morgan fingerprint density at radius 1 is 1.29 bits per heavy atom. The number of nitrogens with one attached hydrogen (secondary N) is 2. The van der Waals surface area contributed by atoms with Crippen LogP contribution < -0.4 is 16.4 Å². The maximum Gasteiger partial charge on any atom is 0.408 e. The summed E-state index contributed by atoms with van der Waals surface area (Å²) in [6.45, 7) is 6.35. The topological polar surface area (TPSA) is 111 Å². The van der Waals surface area contributed by atoms with Crippen LogP contribution in [-0.2, 0) is 14.3 Å². The lowest BCUT2D eigenvalue weighted by Crippen LogP contribution is -2.48. The van der Waals surface area contributed by atoms with Gasteiger partial charge in [0.2, 0.25) is 11.8 Å². The van der Waals surface area contributed by atoms with E-state index in [4.69, 9.17) is 10.5 Å². The molecule has 0 radical (unpaired) electrons. The number of hydrogen-bond acceptors (Lipinski definition) is 4. The van der Waals surface area contributed by atoms with Crippen molar-refractivity contribution in [2.45, 2.75) is 39.3 Å². The summed E-state index contributed by atoms with van der Waals surface area (Å²) in [6, 6.07) is -0.802. The molecule has 7 heteroatoms. The second kappa shape index (κ2) is 6.07. The molecule has 0 aliphatic carbocycles. The molecule has 98 valence electrons. The van der Waals surface area contributed by atoms with Crippen LogP contribution in [-0.4, -0.2) is 36.1 Å². The van der Waals surface area contributed by atoms with Gasteiger partial charge in [-0.15, -0.1) is 0 Å². The Balaban J connectivity index is 4.08. The molecule has 0 spiro atoms. The second-order valence-corrected chi connectivity index (χ2v) is 4.55. The fourth-order valence-corrected chi connectivity index (χ4v) is 0.877. The first-order chi connectivity index (χ1) is 7.61. The van der Waals surface area contributed by atoms with Gasteiger partial charge in [0, 0.05) is 0 Å². The van der Waals surface area contributed by atoms with Crippen molar-refractivity contribution in [1.29, 1.82) is 0 Å². The SMILES string of the molecule is C[C@@H](NC(=O)OC(C)(C)C)C(=O)NCC(N)=O. The molecule has 0 heterocycles. The van der Waals surface area contributed by atoms with Gasteiger partial charge in [-0.2, -0.15) is 0 Å². The van der Waals surface area contributed by atoms with E-state index in [1.807, 2.05) is 0 Å². The van der Waals surface area contributed by atoms with E-state index in [9.17, 15) is 14.4 Å².